The molecule has 0 bridgehead atoms. The molecular weight excluding hydrogens is 215 g/mol. The molecular formula is C12H15NaO3. The van der Waals surface area contributed by atoms with E-state index in [4.69, 9.17) is 0 Å². The van der Waals surface area contributed by atoms with Crippen molar-refractivity contribution < 1.29 is 44.6 Å². The predicted octanol–water partition coefficient (Wildman–Crippen LogP) is -2.05. The molecule has 0 aromatic heterocycles. The zero-order valence-electron chi connectivity index (χ0n) is 9.77. The number of rotatable bonds is 5. The molecule has 0 aliphatic rings. The molecule has 0 aliphatic carbocycles. The first kappa shape index (κ1) is 15.7. The predicted molar refractivity (Wildman–Crippen MR) is 55.0 cm³/mol. The zero-order chi connectivity index (χ0) is 11.3. The van der Waals surface area contributed by atoms with Gasteiger partial charge in [-0.2, -0.15) is 0 Å². The van der Waals surface area contributed by atoms with Crippen molar-refractivity contribution in [2.75, 3.05) is 0 Å². The van der Waals surface area contributed by atoms with Gasteiger partial charge in [-0.05, 0) is 37.3 Å². The average Bonchev–Trinajstić information content (AvgIpc) is 2.17. The van der Waals surface area contributed by atoms with Crippen LogP contribution in [0.25, 0.3) is 0 Å². The van der Waals surface area contributed by atoms with Crippen molar-refractivity contribution in [2.45, 2.75) is 32.3 Å². The molecule has 0 aliphatic heterocycles. The minimum Gasteiger partial charge on any atom is -0.550 e. The Kier molecular flexibility index (Phi) is 7.68. The van der Waals surface area contributed by atoms with Gasteiger partial charge in [0.2, 0.25) is 0 Å². The number of aliphatic hydroxyl groups is 1. The molecule has 0 fully saturated rings. The third-order valence-electron chi connectivity index (χ3n) is 2.41. The maximum absolute atomic E-state index is 10.2. The summed E-state index contributed by atoms with van der Waals surface area (Å²) in [4.78, 5) is 10.2. The summed E-state index contributed by atoms with van der Waals surface area (Å²) in [5.74, 6) is -1.06. The van der Waals surface area contributed by atoms with Crippen LogP contribution in [0.15, 0.2) is 24.3 Å². The Morgan fingerprint density at radius 1 is 1.44 bits per heavy atom. The second-order valence-electron chi connectivity index (χ2n) is 3.64. The third-order valence-corrected chi connectivity index (χ3v) is 2.41. The van der Waals surface area contributed by atoms with E-state index in [-0.39, 0.29) is 36.0 Å². The summed E-state index contributed by atoms with van der Waals surface area (Å²) in [5, 5.41) is 20.0. The van der Waals surface area contributed by atoms with E-state index in [0.29, 0.717) is 12.8 Å². The molecule has 16 heavy (non-hydrogen) atoms. The van der Waals surface area contributed by atoms with Gasteiger partial charge in [-0.1, -0.05) is 24.3 Å². The second kappa shape index (κ2) is 7.85. The van der Waals surface area contributed by atoms with Crippen LogP contribution in [0.1, 0.15) is 36.5 Å². The summed E-state index contributed by atoms with van der Waals surface area (Å²) in [6.45, 7) is 1.93. The third kappa shape index (κ3) is 5.12. The standard InChI is InChI=1S/C12H16O3.Na/c1-9-5-2-3-6-10(9)11(13)7-4-8-12(14)15;/h2-3,5-6,11,13H,4,7-8H2,1H3,(H,14,15);/q;+1/p-1. The Balaban J connectivity index is 0.00000225. The van der Waals surface area contributed by atoms with E-state index in [0.717, 1.165) is 11.1 Å². The topological polar surface area (TPSA) is 60.4 Å². The normalized spacial score (nSPS) is 11.6. The SMILES string of the molecule is Cc1ccccc1C(O)CCCC(=O)[O-].[Na+]. The van der Waals surface area contributed by atoms with E-state index < -0.39 is 12.1 Å². The van der Waals surface area contributed by atoms with Gasteiger partial charge in [0.15, 0.2) is 0 Å². The van der Waals surface area contributed by atoms with Crippen LogP contribution in [-0.4, -0.2) is 11.1 Å². The Bertz CT molecular complexity index is 339. The van der Waals surface area contributed by atoms with Gasteiger partial charge in [0.1, 0.15) is 0 Å². The largest absolute Gasteiger partial charge is 1.00 e. The molecule has 0 radical (unpaired) electrons. The van der Waals surface area contributed by atoms with Gasteiger partial charge in [-0.3, -0.25) is 0 Å². The number of aryl methyl sites for hydroxylation is 1. The minimum atomic E-state index is -1.06. The summed E-state index contributed by atoms with van der Waals surface area (Å²) >= 11 is 0. The fraction of sp³-hybridized carbons (Fsp3) is 0.417. The van der Waals surface area contributed by atoms with Crippen LogP contribution in [0.5, 0.6) is 0 Å². The smallest absolute Gasteiger partial charge is 0.550 e. The number of aliphatic hydroxyl groups excluding tert-OH is 1. The van der Waals surface area contributed by atoms with Crippen LogP contribution >= 0.6 is 0 Å². The molecule has 4 heteroatoms. The summed E-state index contributed by atoms with van der Waals surface area (Å²) in [6, 6.07) is 7.56. The van der Waals surface area contributed by atoms with E-state index in [9.17, 15) is 15.0 Å². The Hall–Kier alpha value is -0.350. The molecule has 3 nitrogen and oxygen atoms in total. The van der Waals surface area contributed by atoms with Crippen molar-refractivity contribution in [3.63, 3.8) is 0 Å². The second-order valence-corrected chi connectivity index (χ2v) is 3.64. The number of carbonyl (C=O) groups excluding carboxylic acids is 1. The van der Waals surface area contributed by atoms with Crippen LogP contribution < -0.4 is 34.7 Å². The van der Waals surface area contributed by atoms with Crippen molar-refractivity contribution in [1.29, 1.82) is 0 Å². The molecule has 1 atom stereocenters. The van der Waals surface area contributed by atoms with E-state index in [1.807, 2.05) is 31.2 Å². The monoisotopic (exact) mass is 230 g/mol. The van der Waals surface area contributed by atoms with E-state index in [1.54, 1.807) is 0 Å². The van der Waals surface area contributed by atoms with Crippen molar-refractivity contribution in [3.05, 3.63) is 35.4 Å². The molecule has 1 aromatic carbocycles. The number of aliphatic carboxylic acids is 1. The first-order valence-electron chi connectivity index (χ1n) is 5.04. The molecule has 82 valence electrons. The van der Waals surface area contributed by atoms with Crippen LogP contribution in [0.2, 0.25) is 0 Å². The molecule has 0 saturated carbocycles. The van der Waals surface area contributed by atoms with Crippen LogP contribution in [-0.2, 0) is 4.79 Å². The molecule has 1 rings (SSSR count). The number of carboxylic acids is 1. The maximum Gasteiger partial charge on any atom is 1.00 e. The van der Waals surface area contributed by atoms with Gasteiger partial charge < -0.3 is 15.0 Å². The Labute approximate surface area is 118 Å². The van der Waals surface area contributed by atoms with Crippen molar-refractivity contribution in [2.24, 2.45) is 0 Å². The van der Waals surface area contributed by atoms with Crippen LogP contribution in [0.4, 0.5) is 0 Å². The average molecular weight is 230 g/mol. The van der Waals surface area contributed by atoms with E-state index in [2.05, 4.69) is 0 Å². The van der Waals surface area contributed by atoms with Gasteiger partial charge in [-0.15, -0.1) is 0 Å². The minimum absolute atomic E-state index is 0. The quantitative estimate of drug-likeness (QED) is 0.592. The summed E-state index contributed by atoms with van der Waals surface area (Å²) in [7, 11) is 0. The molecule has 0 spiro atoms. The van der Waals surface area contributed by atoms with Gasteiger partial charge in [0, 0.05) is 5.97 Å². The fourth-order valence-electron chi connectivity index (χ4n) is 1.56. The number of benzene rings is 1. The first-order chi connectivity index (χ1) is 7.11. The summed E-state index contributed by atoms with van der Waals surface area (Å²) in [6.07, 6.45) is 0.324. The number of carbonyl (C=O) groups is 1. The summed E-state index contributed by atoms with van der Waals surface area (Å²) in [5.41, 5.74) is 1.90. The van der Waals surface area contributed by atoms with Gasteiger partial charge in [0.05, 0.1) is 6.10 Å². The number of hydrogen-bond acceptors (Lipinski definition) is 3. The number of carboxylic acid groups (broad SMARTS) is 1. The molecule has 1 N–H and O–H groups in total. The van der Waals surface area contributed by atoms with Crippen LogP contribution in [0.3, 0.4) is 0 Å². The van der Waals surface area contributed by atoms with Crippen molar-refractivity contribution in [1.82, 2.24) is 0 Å². The van der Waals surface area contributed by atoms with Gasteiger partial charge in [-0.25, -0.2) is 0 Å². The molecule has 0 heterocycles. The number of hydrogen-bond donors (Lipinski definition) is 1. The van der Waals surface area contributed by atoms with Crippen molar-refractivity contribution >= 4 is 5.97 Å². The zero-order valence-corrected chi connectivity index (χ0v) is 11.8. The maximum atomic E-state index is 10.2. The van der Waals surface area contributed by atoms with Gasteiger partial charge in [0.25, 0.3) is 0 Å². The molecule has 0 saturated heterocycles. The summed E-state index contributed by atoms with van der Waals surface area (Å²) < 4.78 is 0. The first-order valence-corrected chi connectivity index (χ1v) is 5.04. The van der Waals surface area contributed by atoms with E-state index >= 15 is 0 Å². The van der Waals surface area contributed by atoms with Crippen LogP contribution in [0, 0.1) is 6.92 Å². The molecule has 1 unspecified atom stereocenters. The fourth-order valence-corrected chi connectivity index (χ4v) is 1.56. The molecule has 1 aromatic rings. The van der Waals surface area contributed by atoms with Crippen molar-refractivity contribution in [3.8, 4) is 0 Å². The van der Waals surface area contributed by atoms with Gasteiger partial charge >= 0.3 is 29.6 Å². The van der Waals surface area contributed by atoms with E-state index in [1.165, 1.54) is 0 Å². The Morgan fingerprint density at radius 2 is 2.06 bits per heavy atom. The Morgan fingerprint density at radius 3 is 2.62 bits per heavy atom. The molecule has 0 amide bonds.